The van der Waals surface area contributed by atoms with Gasteiger partial charge in [0.15, 0.2) is 0 Å². The van der Waals surface area contributed by atoms with Gasteiger partial charge in [-0.1, -0.05) is 29.8 Å². The lowest BCUT2D eigenvalue weighted by molar-refractivity contribution is -0.115. The molecule has 1 amide bonds. The molecule has 1 aliphatic rings. The van der Waals surface area contributed by atoms with E-state index in [1.165, 1.54) is 0 Å². The van der Waals surface area contributed by atoms with E-state index in [0.717, 1.165) is 16.9 Å². The van der Waals surface area contributed by atoms with Crippen molar-refractivity contribution in [2.45, 2.75) is 6.42 Å². The third kappa shape index (κ3) is 4.00. The summed E-state index contributed by atoms with van der Waals surface area (Å²) in [5.41, 5.74) is 2.17. The largest absolute Gasteiger partial charge is 0.497 e. The Morgan fingerprint density at radius 1 is 1.12 bits per heavy atom. The van der Waals surface area contributed by atoms with Crippen LogP contribution in [0.15, 0.2) is 53.2 Å². The van der Waals surface area contributed by atoms with Crippen molar-refractivity contribution in [1.82, 2.24) is 5.32 Å². The second kappa shape index (κ2) is 7.40. The van der Waals surface area contributed by atoms with E-state index in [4.69, 9.17) is 21.1 Å². The van der Waals surface area contributed by atoms with E-state index in [9.17, 15) is 4.79 Å². The van der Waals surface area contributed by atoms with Gasteiger partial charge in [-0.05, 0) is 41.5 Å². The molecular weight excluding hydrogens is 340 g/mol. The van der Waals surface area contributed by atoms with Gasteiger partial charge in [0, 0.05) is 6.42 Å². The van der Waals surface area contributed by atoms with Crippen LogP contribution in [0.5, 0.6) is 11.5 Å². The Kier molecular flexibility index (Phi) is 5.05. The van der Waals surface area contributed by atoms with Gasteiger partial charge in [0.2, 0.25) is 0 Å². The van der Waals surface area contributed by atoms with Gasteiger partial charge in [-0.3, -0.25) is 4.79 Å². The van der Waals surface area contributed by atoms with Crippen molar-refractivity contribution in [3.63, 3.8) is 0 Å². The van der Waals surface area contributed by atoms with E-state index in [-0.39, 0.29) is 5.91 Å². The summed E-state index contributed by atoms with van der Waals surface area (Å²) in [7, 11) is 3.18. The fourth-order valence-electron chi connectivity index (χ4n) is 2.47. The number of aliphatic imine (C=N–C) groups is 1. The fourth-order valence-corrected chi connectivity index (χ4v) is 2.73. The first-order valence-corrected chi connectivity index (χ1v) is 8.04. The molecule has 0 bridgehead atoms. The third-order valence-corrected chi connectivity index (χ3v) is 4.05. The smallest absolute Gasteiger partial charge is 0.275 e. The number of benzene rings is 2. The molecule has 3 rings (SSSR count). The Morgan fingerprint density at radius 3 is 2.52 bits per heavy atom. The number of ether oxygens (including phenoxy) is 2. The summed E-state index contributed by atoms with van der Waals surface area (Å²) in [6, 6.07) is 13.0. The van der Waals surface area contributed by atoms with E-state index in [1.807, 2.05) is 30.3 Å². The molecule has 0 saturated carbocycles. The number of methoxy groups -OCH3 is 2. The number of amidine groups is 1. The second-order valence-electron chi connectivity index (χ2n) is 5.46. The van der Waals surface area contributed by atoms with Crippen LogP contribution in [0.3, 0.4) is 0 Å². The molecule has 1 N–H and O–H groups in total. The van der Waals surface area contributed by atoms with Crippen LogP contribution in [0, 0.1) is 0 Å². The predicted octanol–water partition coefficient (Wildman–Crippen LogP) is 3.47. The molecular formula is C19H17ClN2O3. The lowest BCUT2D eigenvalue weighted by Crippen LogP contribution is -2.25. The van der Waals surface area contributed by atoms with Crippen LogP contribution in [0.2, 0.25) is 5.02 Å². The van der Waals surface area contributed by atoms with E-state index >= 15 is 0 Å². The third-order valence-electron chi connectivity index (χ3n) is 3.76. The van der Waals surface area contributed by atoms with Crippen molar-refractivity contribution in [3.05, 3.63) is 64.3 Å². The molecule has 128 valence electrons. The molecule has 0 saturated heterocycles. The van der Waals surface area contributed by atoms with Gasteiger partial charge in [-0.25, -0.2) is 4.99 Å². The lowest BCUT2D eigenvalue weighted by Gasteiger charge is -2.03. The minimum atomic E-state index is -0.226. The van der Waals surface area contributed by atoms with Gasteiger partial charge in [0.25, 0.3) is 5.91 Å². The van der Waals surface area contributed by atoms with Gasteiger partial charge in [0.05, 0.1) is 19.2 Å². The quantitative estimate of drug-likeness (QED) is 0.834. The molecule has 0 spiro atoms. The molecule has 0 radical (unpaired) electrons. The molecule has 2 aromatic rings. The van der Waals surface area contributed by atoms with E-state index in [0.29, 0.717) is 28.7 Å². The summed E-state index contributed by atoms with van der Waals surface area (Å²) in [6.07, 6.45) is 2.23. The van der Waals surface area contributed by atoms with Crippen LogP contribution >= 0.6 is 11.6 Å². The molecule has 6 heteroatoms. The fraction of sp³-hybridized carbons (Fsp3) is 0.158. The summed E-state index contributed by atoms with van der Waals surface area (Å²) in [4.78, 5) is 16.5. The molecule has 0 aromatic heterocycles. The number of hydrogen-bond acceptors (Lipinski definition) is 4. The maximum atomic E-state index is 12.1. The highest BCUT2D eigenvalue weighted by molar-refractivity contribution is 6.32. The van der Waals surface area contributed by atoms with Crippen molar-refractivity contribution in [1.29, 1.82) is 0 Å². The van der Waals surface area contributed by atoms with Crippen LogP contribution in [0.25, 0.3) is 6.08 Å². The topological polar surface area (TPSA) is 59.9 Å². The predicted molar refractivity (Wildman–Crippen MR) is 98.3 cm³/mol. The Bertz CT molecular complexity index is 857. The van der Waals surface area contributed by atoms with Crippen LogP contribution < -0.4 is 14.8 Å². The standard InChI is InChI=1S/C19H17ClN2O3/c1-24-14-6-3-12(4-7-14)11-18-21-16(19(23)22-18)10-13-5-8-17(25-2)15(20)9-13/h3-10H,11H2,1-2H3,(H,21,22,23)/b16-10+. The monoisotopic (exact) mass is 356 g/mol. The Labute approximate surface area is 150 Å². The Morgan fingerprint density at radius 2 is 1.88 bits per heavy atom. The summed E-state index contributed by atoms with van der Waals surface area (Å²) in [6.45, 7) is 0. The van der Waals surface area contributed by atoms with Crippen molar-refractivity contribution < 1.29 is 14.3 Å². The first-order valence-electron chi connectivity index (χ1n) is 7.66. The van der Waals surface area contributed by atoms with Gasteiger partial charge < -0.3 is 14.8 Å². The van der Waals surface area contributed by atoms with Crippen LogP contribution in [-0.2, 0) is 11.2 Å². The first kappa shape index (κ1) is 17.0. The SMILES string of the molecule is COc1ccc(CC2=N/C(=C/c3ccc(OC)c(Cl)c3)C(=O)N2)cc1. The van der Waals surface area contributed by atoms with Crippen molar-refractivity contribution >= 4 is 29.4 Å². The highest BCUT2D eigenvalue weighted by Gasteiger charge is 2.20. The number of nitrogens with one attached hydrogen (secondary N) is 1. The van der Waals surface area contributed by atoms with Crippen LogP contribution in [-0.4, -0.2) is 26.0 Å². The van der Waals surface area contributed by atoms with E-state index in [1.54, 1.807) is 32.4 Å². The van der Waals surface area contributed by atoms with Gasteiger partial charge >= 0.3 is 0 Å². The molecule has 0 aliphatic carbocycles. The van der Waals surface area contributed by atoms with Gasteiger partial charge in [-0.2, -0.15) is 0 Å². The molecule has 5 nitrogen and oxygen atoms in total. The summed E-state index contributed by atoms with van der Waals surface area (Å²) in [5, 5.41) is 3.28. The molecule has 0 fully saturated rings. The van der Waals surface area contributed by atoms with Crippen molar-refractivity contribution in [2.24, 2.45) is 4.99 Å². The molecule has 1 aliphatic heterocycles. The van der Waals surface area contributed by atoms with Crippen LogP contribution in [0.4, 0.5) is 0 Å². The minimum Gasteiger partial charge on any atom is -0.497 e. The zero-order valence-corrected chi connectivity index (χ0v) is 14.6. The maximum absolute atomic E-state index is 12.1. The second-order valence-corrected chi connectivity index (χ2v) is 5.87. The number of halogens is 1. The average Bonchev–Trinajstić information content (AvgIpc) is 2.95. The Balaban J connectivity index is 1.78. The van der Waals surface area contributed by atoms with Crippen LogP contribution in [0.1, 0.15) is 11.1 Å². The highest BCUT2D eigenvalue weighted by atomic mass is 35.5. The minimum absolute atomic E-state index is 0.226. The number of amides is 1. The number of hydrogen-bond donors (Lipinski definition) is 1. The van der Waals surface area contributed by atoms with Gasteiger partial charge in [0.1, 0.15) is 23.0 Å². The van der Waals surface area contributed by atoms with Crippen molar-refractivity contribution in [3.8, 4) is 11.5 Å². The molecule has 0 atom stereocenters. The normalized spacial score (nSPS) is 15.1. The molecule has 0 unspecified atom stereocenters. The zero-order chi connectivity index (χ0) is 17.8. The molecule has 25 heavy (non-hydrogen) atoms. The van der Waals surface area contributed by atoms with E-state index in [2.05, 4.69) is 10.3 Å². The van der Waals surface area contributed by atoms with Gasteiger partial charge in [-0.15, -0.1) is 0 Å². The maximum Gasteiger partial charge on any atom is 0.275 e. The molecule has 2 aromatic carbocycles. The lowest BCUT2D eigenvalue weighted by atomic mass is 10.1. The summed E-state index contributed by atoms with van der Waals surface area (Å²) < 4.78 is 10.3. The number of carbonyl (C=O) groups excluding carboxylic acids is 1. The average molecular weight is 357 g/mol. The summed E-state index contributed by atoms with van der Waals surface area (Å²) >= 11 is 6.11. The first-order chi connectivity index (χ1) is 12.1. The molecule has 1 heterocycles. The summed E-state index contributed by atoms with van der Waals surface area (Å²) in [5.74, 6) is 1.76. The highest BCUT2D eigenvalue weighted by Crippen LogP contribution is 2.26. The van der Waals surface area contributed by atoms with E-state index < -0.39 is 0 Å². The number of rotatable bonds is 5. The number of carbonyl (C=O) groups is 1. The van der Waals surface area contributed by atoms with Crippen molar-refractivity contribution in [2.75, 3.05) is 14.2 Å². The Hall–Kier alpha value is -2.79. The zero-order valence-electron chi connectivity index (χ0n) is 13.9. The number of nitrogens with zero attached hydrogens (tertiary/aromatic N) is 1.